The number of aromatic nitrogens is 1. The van der Waals surface area contributed by atoms with Crippen molar-refractivity contribution in [1.82, 2.24) is 15.2 Å². The van der Waals surface area contributed by atoms with Gasteiger partial charge in [0.15, 0.2) is 5.13 Å². The van der Waals surface area contributed by atoms with Gasteiger partial charge in [-0.15, -0.1) is 0 Å². The number of amides is 1. The lowest BCUT2D eigenvalue weighted by Gasteiger charge is -2.35. The number of hydrogen-bond donors (Lipinski definition) is 1. The topological polar surface area (TPSA) is 57.7 Å². The number of anilines is 1. The molecule has 6 nitrogen and oxygen atoms in total. The van der Waals surface area contributed by atoms with Gasteiger partial charge < -0.3 is 19.9 Å². The van der Waals surface area contributed by atoms with Crippen LogP contribution < -0.4 is 15.0 Å². The number of rotatable bonds is 8. The highest BCUT2D eigenvalue weighted by Gasteiger charge is 2.27. The number of piperidine rings is 2. The number of ether oxygens (including phenoxy) is 1. The van der Waals surface area contributed by atoms with Crippen molar-refractivity contribution in [3.05, 3.63) is 18.2 Å². The number of hydrogen-bond acceptors (Lipinski definition) is 6. The van der Waals surface area contributed by atoms with E-state index in [9.17, 15) is 4.79 Å². The van der Waals surface area contributed by atoms with E-state index in [1.54, 1.807) is 11.3 Å². The van der Waals surface area contributed by atoms with Crippen LogP contribution in [0.2, 0.25) is 0 Å². The molecule has 0 spiro atoms. The maximum absolute atomic E-state index is 12.8. The Morgan fingerprint density at radius 2 is 2.06 bits per heavy atom. The second-order valence-electron chi connectivity index (χ2n) is 9.69. The fourth-order valence-corrected chi connectivity index (χ4v) is 6.31. The summed E-state index contributed by atoms with van der Waals surface area (Å²) in [7, 11) is 0. The predicted molar refractivity (Wildman–Crippen MR) is 133 cm³/mol. The smallest absolute Gasteiger partial charge is 0.224 e. The molecule has 176 valence electrons. The zero-order valence-corrected chi connectivity index (χ0v) is 20.6. The van der Waals surface area contributed by atoms with Gasteiger partial charge in [-0.1, -0.05) is 25.2 Å². The molecule has 3 heterocycles. The molecule has 2 aliphatic heterocycles. The maximum atomic E-state index is 12.8. The van der Waals surface area contributed by atoms with E-state index in [1.165, 1.54) is 19.5 Å². The van der Waals surface area contributed by atoms with Crippen LogP contribution in [0, 0.1) is 17.8 Å². The summed E-state index contributed by atoms with van der Waals surface area (Å²) in [6.07, 6.45) is 4.36. The summed E-state index contributed by atoms with van der Waals surface area (Å²) in [5, 5.41) is 4.22. The fraction of sp³-hybridized carbons (Fsp3) is 0.680. The molecular weight excluding hydrogens is 420 g/mol. The monoisotopic (exact) mass is 458 g/mol. The summed E-state index contributed by atoms with van der Waals surface area (Å²) in [6.45, 7) is 13.3. The van der Waals surface area contributed by atoms with Crippen molar-refractivity contribution >= 4 is 32.6 Å². The second-order valence-corrected chi connectivity index (χ2v) is 10.7. The van der Waals surface area contributed by atoms with Crippen molar-refractivity contribution in [2.45, 2.75) is 46.5 Å². The van der Waals surface area contributed by atoms with E-state index in [-0.39, 0.29) is 11.8 Å². The Morgan fingerprint density at radius 3 is 2.84 bits per heavy atom. The zero-order valence-electron chi connectivity index (χ0n) is 19.8. The summed E-state index contributed by atoms with van der Waals surface area (Å²) in [5.41, 5.74) is 1.00. The molecule has 1 N–H and O–H groups in total. The molecule has 7 heteroatoms. The van der Waals surface area contributed by atoms with Gasteiger partial charge in [-0.05, 0) is 69.2 Å². The molecule has 1 aromatic carbocycles. The van der Waals surface area contributed by atoms with Gasteiger partial charge in [0.05, 0.1) is 22.7 Å². The number of thiazole rings is 1. The summed E-state index contributed by atoms with van der Waals surface area (Å²) in [5.74, 6) is 2.71. The summed E-state index contributed by atoms with van der Waals surface area (Å²) >= 11 is 1.69. The highest BCUT2D eigenvalue weighted by molar-refractivity contribution is 7.22. The Kier molecular flexibility index (Phi) is 7.89. The molecule has 0 bridgehead atoms. The molecule has 2 saturated heterocycles. The van der Waals surface area contributed by atoms with Crippen molar-refractivity contribution in [3.8, 4) is 5.75 Å². The van der Waals surface area contributed by atoms with Crippen LogP contribution in [-0.2, 0) is 4.79 Å². The average molecular weight is 459 g/mol. The van der Waals surface area contributed by atoms with Crippen molar-refractivity contribution < 1.29 is 9.53 Å². The third kappa shape index (κ3) is 5.93. The molecule has 0 unspecified atom stereocenters. The van der Waals surface area contributed by atoms with Gasteiger partial charge in [0.1, 0.15) is 5.75 Å². The Labute approximate surface area is 196 Å². The molecule has 0 radical (unpaired) electrons. The quantitative estimate of drug-likeness (QED) is 0.595. The van der Waals surface area contributed by atoms with Crippen LogP contribution in [0.3, 0.4) is 0 Å². The molecule has 32 heavy (non-hydrogen) atoms. The van der Waals surface area contributed by atoms with Gasteiger partial charge in [-0.3, -0.25) is 4.79 Å². The molecule has 0 saturated carbocycles. The maximum Gasteiger partial charge on any atom is 0.224 e. The molecule has 4 rings (SSSR count). The number of likely N-dealkylation sites (tertiary alicyclic amines) is 1. The van der Waals surface area contributed by atoms with Gasteiger partial charge in [0.2, 0.25) is 5.91 Å². The second kappa shape index (κ2) is 10.8. The summed E-state index contributed by atoms with van der Waals surface area (Å²) < 4.78 is 6.76. The standard InChI is InChI=1S/C25H38N4O2S/c1-4-31-21-8-9-22-23(14-21)32-25(27-22)29-12-5-7-20(17-29)24(30)26-10-6-11-28-15-18(2)13-19(3)16-28/h8-9,14,18-20H,4-7,10-13,15-17H2,1-3H3,(H,26,30)/t18-,19+,20-/m1/s1. The average Bonchev–Trinajstić information content (AvgIpc) is 3.20. The van der Waals surface area contributed by atoms with E-state index >= 15 is 0 Å². The number of nitrogens with zero attached hydrogens (tertiary/aromatic N) is 3. The molecule has 1 aromatic heterocycles. The Balaban J connectivity index is 1.26. The van der Waals surface area contributed by atoms with Gasteiger partial charge >= 0.3 is 0 Å². The Bertz CT molecular complexity index is 891. The van der Waals surface area contributed by atoms with Gasteiger partial charge in [-0.2, -0.15) is 0 Å². The Hall–Kier alpha value is -1.86. The molecule has 1 amide bonds. The number of benzene rings is 1. The van der Waals surface area contributed by atoms with Crippen LogP contribution in [0.4, 0.5) is 5.13 Å². The lowest BCUT2D eigenvalue weighted by atomic mass is 9.92. The van der Waals surface area contributed by atoms with Crippen molar-refractivity contribution in [3.63, 3.8) is 0 Å². The van der Waals surface area contributed by atoms with E-state index in [2.05, 4.69) is 35.0 Å². The predicted octanol–water partition coefficient (Wildman–Crippen LogP) is 4.40. The first-order valence-corrected chi connectivity index (χ1v) is 13.1. The van der Waals surface area contributed by atoms with E-state index in [0.29, 0.717) is 6.61 Å². The van der Waals surface area contributed by atoms with Crippen LogP contribution in [0.1, 0.15) is 46.5 Å². The largest absolute Gasteiger partial charge is 0.494 e. The van der Waals surface area contributed by atoms with Crippen molar-refractivity contribution in [2.24, 2.45) is 17.8 Å². The molecule has 3 atom stereocenters. The molecule has 2 aliphatic rings. The van der Waals surface area contributed by atoms with Crippen LogP contribution in [0.25, 0.3) is 10.2 Å². The highest BCUT2D eigenvalue weighted by atomic mass is 32.1. The first-order valence-electron chi connectivity index (χ1n) is 12.3. The number of fused-ring (bicyclic) bond motifs is 1. The van der Waals surface area contributed by atoms with Gasteiger partial charge in [0.25, 0.3) is 0 Å². The van der Waals surface area contributed by atoms with Crippen LogP contribution in [0.15, 0.2) is 18.2 Å². The lowest BCUT2D eigenvalue weighted by Crippen LogP contribution is -2.44. The number of carbonyl (C=O) groups is 1. The summed E-state index contributed by atoms with van der Waals surface area (Å²) in [4.78, 5) is 22.5. The Morgan fingerprint density at radius 1 is 1.25 bits per heavy atom. The number of nitrogens with one attached hydrogen (secondary N) is 1. The van der Waals surface area contributed by atoms with E-state index in [0.717, 1.165) is 78.4 Å². The lowest BCUT2D eigenvalue weighted by molar-refractivity contribution is -0.125. The third-order valence-electron chi connectivity index (χ3n) is 6.62. The van der Waals surface area contributed by atoms with Crippen LogP contribution in [0.5, 0.6) is 5.75 Å². The molecule has 2 fully saturated rings. The van der Waals surface area contributed by atoms with E-state index in [4.69, 9.17) is 9.72 Å². The zero-order chi connectivity index (χ0) is 22.5. The first-order chi connectivity index (χ1) is 15.5. The highest BCUT2D eigenvalue weighted by Crippen LogP contribution is 2.33. The normalized spacial score (nSPS) is 24.6. The van der Waals surface area contributed by atoms with Gasteiger partial charge in [-0.25, -0.2) is 4.98 Å². The first kappa shape index (κ1) is 23.3. The van der Waals surface area contributed by atoms with Crippen molar-refractivity contribution in [2.75, 3.05) is 50.8 Å². The number of carbonyl (C=O) groups excluding carboxylic acids is 1. The van der Waals surface area contributed by atoms with Crippen LogP contribution in [-0.4, -0.2) is 61.7 Å². The molecule has 0 aliphatic carbocycles. The summed E-state index contributed by atoms with van der Waals surface area (Å²) in [6, 6.07) is 6.07. The fourth-order valence-electron chi connectivity index (χ4n) is 5.28. The van der Waals surface area contributed by atoms with E-state index < -0.39 is 0 Å². The molecular formula is C25H38N4O2S. The minimum absolute atomic E-state index is 0.0461. The minimum atomic E-state index is 0.0461. The minimum Gasteiger partial charge on any atom is -0.494 e. The van der Waals surface area contributed by atoms with E-state index in [1.807, 2.05) is 19.1 Å². The molecule has 2 aromatic rings. The van der Waals surface area contributed by atoms with Gasteiger partial charge in [0, 0.05) is 32.7 Å². The van der Waals surface area contributed by atoms with Crippen molar-refractivity contribution in [1.29, 1.82) is 0 Å². The SMILES string of the molecule is CCOc1ccc2nc(N3CCC[C@@H](C(=O)NCCCN4C[C@H](C)C[C@H](C)C4)C3)sc2c1. The third-order valence-corrected chi connectivity index (χ3v) is 7.70. The van der Waals surface area contributed by atoms with Crippen LogP contribution >= 0.6 is 11.3 Å².